The van der Waals surface area contributed by atoms with Crippen LogP contribution in [0.3, 0.4) is 0 Å². The highest BCUT2D eigenvalue weighted by atomic mass is 16.5. The summed E-state index contributed by atoms with van der Waals surface area (Å²) in [5.74, 6) is 1.44. The summed E-state index contributed by atoms with van der Waals surface area (Å²) in [6.45, 7) is 0.821. The third-order valence-electron chi connectivity index (χ3n) is 6.76. The predicted octanol–water partition coefficient (Wildman–Crippen LogP) is 2.11. The quantitative estimate of drug-likeness (QED) is 0.898. The van der Waals surface area contributed by atoms with E-state index >= 15 is 0 Å². The second kappa shape index (κ2) is 6.75. The molecule has 4 atom stereocenters. The molecular formula is C21H25N3O3. The number of rotatable bonds is 4. The Morgan fingerprint density at radius 1 is 1.22 bits per heavy atom. The van der Waals surface area contributed by atoms with Gasteiger partial charge in [-0.05, 0) is 24.5 Å². The number of nitrogens with one attached hydrogen (secondary N) is 1. The van der Waals surface area contributed by atoms with Crippen molar-refractivity contribution in [1.82, 2.24) is 14.9 Å². The molecule has 5 rings (SSSR count). The maximum absolute atomic E-state index is 12.7. The van der Waals surface area contributed by atoms with Crippen LogP contribution in [0.1, 0.15) is 32.1 Å². The number of benzene rings is 1. The number of hydrogen-bond acceptors (Lipinski definition) is 4. The molecule has 1 amide bonds. The fraction of sp³-hybridized carbons (Fsp3) is 0.571. The first-order valence-electron chi connectivity index (χ1n) is 10.1. The molecule has 0 radical (unpaired) electrons. The Morgan fingerprint density at radius 2 is 2.04 bits per heavy atom. The molecule has 0 unspecified atom stereocenters. The van der Waals surface area contributed by atoms with Crippen LogP contribution in [-0.2, 0) is 16.1 Å². The first-order chi connectivity index (χ1) is 13.2. The summed E-state index contributed by atoms with van der Waals surface area (Å²) in [5, 5.41) is 3.78. The molecule has 0 spiro atoms. The average Bonchev–Trinajstić information content (AvgIpc) is 3.33. The van der Waals surface area contributed by atoms with Crippen LogP contribution in [0, 0.1) is 17.8 Å². The highest BCUT2D eigenvalue weighted by Gasteiger charge is 2.56. The number of amides is 1. The van der Waals surface area contributed by atoms with E-state index in [-0.39, 0.29) is 24.1 Å². The van der Waals surface area contributed by atoms with E-state index in [0.29, 0.717) is 34.8 Å². The Hall–Kier alpha value is -2.21. The topological polar surface area (TPSA) is 73.2 Å². The fourth-order valence-electron chi connectivity index (χ4n) is 5.46. The van der Waals surface area contributed by atoms with Gasteiger partial charge in [-0.15, -0.1) is 0 Å². The molecule has 3 fully saturated rings. The minimum absolute atomic E-state index is 0.0167. The van der Waals surface area contributed by atoms with Gasteiger partial charge in [0, 0.05) is 24.5 Å². The van der Waals surface area contributed by atoms with E-state index in [1.807, 2.05) is 18.2 Å². The maximum atomic E-state index is 12.7. The van der Waals surface area contributed by atoms with Gasteiger partial charge < -0.3 is 10.1 Å². The number of carbonyl (C=O) groups is 1. The summed E-state index contributed by atoms with van der Waals surface area (Å²) in [7, 11) is 0. The molecule has 1 saturated heterocycles. The lowest BCUT2D eigenvalue weighted by atomic mass is 9.61. The number of aromatic nitrogens is 2. The molecule has 27 heavy (non-hydrogen) atoms. The van der Waals surface area contributed by atoms with Crippen molar-refractivity contribution >= 4 is 16.8 Å². The Kier molecular flexibility index (Phi) is 4.23. The maximum Gasteiger partial charge on any atom is 0.261 e. The van der Waals surface area contributed by atoms with Gasteiger partial charge in [0.15, 0.2) is 0 Å². The van der Waals surface area contributed by atoms with Crippen molar-refractivity contribution in [1.29, 1.82) is 0 Å². The molecule has 1 aromatic carbocycles. The van der Waals surface area contributed by atoms with Gasteiger partial charge in [-0.1, -0.05) is 37.8 Å². The van der Waals surface area contributed by atoms with Crippen LogP contribution in [0.5, 0.6) is 0 Å². The van der Waals surface area contributed by atoms with E-state index in [4.69, 9.17) is 4.74 Å². The Bertz CT molecular complexity index is 914. The number of hydrogen-bond donors (Lipinski definition) is 1. The van der Waals surface area contributed by atoms with Gasteiger partial charge in [-0.2, -0.15) is 0 Å². The van der Waals surface area contributed by atoms with Crippen molar-refractivity contribution in [2.45, 2.75) is 50.8 Å². The van der Waals surface area contributed by atoms with E-state index in [1.54, 1.807) is 6.07 Å². The summed E-state index contributed by atoms with van der Waals surface area (Å²) in [6.07, 6.45) is 7.89. The van der Waals surface area contributed by atoms with E-state index in [0.717, 1.165) is 13.0 Å². The van der Waals surface area contributed by atoms with Gasteiger partial charge in [0.2, 0.25) is 5.91 Å². The normalized spacial score (nSPS) is 30.2. The molecule has 2 saturated carbocycles. The molecule has 3 aliphatic rings. The van der Waals surface area contributed by atoms with Gasteiger partial charge in [0.05, 0.1) is 23.3 Å². The van der Waals surface area contributed by atoms with Crippen molar-refractivity contribution in [2.75, 3.05) is 6.61 Å². The lowest BCUT2D eigenvalue weighted by Crippen LogP contribution is -2.63. The monoisotopic (exact) mass is 367 g/mol. The molecule has 2 heterocycles. The van der Waals surface area contributed by atoms with E-state index in [2.05, 4.69) is 10.3 Å². The first kappa shape index (κ1) is 16.9. The summed E-state index contributed by atoms with van der Waals surface area (Å²) in [4.78, 5) is 29.6. The molecule has 1 N–H and O–H groups in total. The van der Waals surface area contributed by atoms with Gasteiger partial charge in [-0.25, -0.2) is 4.98 Å². The molecule has 1 aromatic heterocycles. The highest BCUT2D eigenvalue weighted by molar-refractivity contribution is 5.79. The van der Waals surface area contributed by atoms with E-state index in [1.165, 1.54) is 36.6 Å². The van der Waals surface area contributed by atoms with Crippen LogP contribution < -0.4 is 10.9 Å². The summed E-state index contributed by atoms with van der Waals surface area (Å²) in [6, 6.07) is 7.42. The standard InChI is InChI=1S/C21H25N3O3/c25-17(11-24-12-22-16-8-4-3-7-14(16)21(24)26)23-19-15-9-10-27-20(15)18(19)13-5-1-2-6-13/h3-4,7-8,12-13,15,18-20H,1-2,5-6,9-11H2,(H,23,25)/t15-,18+,19+,20-/m1/s1. The number of ether oxygens (including phenoxy) is 1. The number of carbonyl (C=O) groups excluding carboxylic acids is 1. The summed E-state index contributed by atoms with van der Waals surface area (Å²) >= 11 is 0. The SMILES string of the molecule is O=C(Cn1cnc2ccccc2c1=O)N[C@H]1[C@H]2CCO[C@H]2[C@H]1C1CCCC1. The largest absolute Gasteiger partial charge is 0.377 e. The highest BCUT2D eigenvalue weighted by Crippen LogP contribution is 2.51. The molecule has 2 aromatic rings. The van der Waals surface area contributed by atoms with Crippen LogP contribution in [-0.4, -0.2) is 34.2 Å². The molecule has 6 nitrogen and oxygen atoms in total. The number of nitrogens with zero attached hydrogens (tertiary/aromatic N) is 2. The van der Waals surface area contributed by atoms with Crippen LogP contribution >= 0.6 is 0 Å². The fourth-order valence-corrected chi connectivity index (χ4v) is 5.46. The minimum atomic E-state index is -0.168. The minimum Gasteiger partial charge on any atom is -0.377 e. The Balaban J connectivity index is 1.31. The van der Waals surface area contributed by atoms with Gasteiger partial charge in [0.1, 0.15) is 6.54 Å². The molecule has 6 heteroatoms. The van der Waals surface area contributed by atoms with Crippen LogP contribution in [0.15, 0.2) is 35.4 Å². The zero-order chi connectivity index (χ0) is 18.4. The van der Waals surface area contributed by atoms with E-state index < -0.39 is 0 Å². The van der Waals surface area contributed by atoms with Crippen LogP contribution in [0.2, 0.25) is 0 Å². The molecule has 0 bridgehead atoms. The van der Waals surface area contributed by atoms with Gasteiger partial charge in [-0.3, -0.25) is 14.2 Å². The molecular weight excluding hydrogens is 342 g/mol. The summed E-state index contributed by atoms with van der Waals surface area (Å²) < 4.78 is 7.36. The van der Waals surface area contributed by atoms with Crippen molar-refractivity contribution in [3.05, 3.63) is 40.9 Å². The zero-order valence-corrected chi connectivity index (χ0v) is 15.3. The lowest BCUT2D eigenvalue weighted by Gasteiger charge is -2.50. The van der Waals surface area contributed by atoms with Crippen LogP contribution in [0.25, 0.3) is 10.9 Å². The molecule has 142 valence electrons. The van der Waals surface area contributed by atoms with Gasteiger partial charge >= 0.3 is 0 Å². The van der Waals surface area contributed by atoms with Crippen molar-refractivity contribution in [3.63, 3.8) is 0 Å². The number of fused-ring (bicyclic) bond motifs is 2. The van der Waals surface area contributed by atoms with Crippen molar-refractivity contribution in [2.24, 2.45) is 17.8 Å². The number of para-hydroxylation sites is 1. The predicted molar refractivity (Wildman–Crippen MR) is 101 cm³/mol. The molecule has 2 aliphatic carbocycles. The van der Waals surface area contributed by atoms with Crippen molar-refractivity contribution < 1.29 is 9.53 Å². The third-order valence-corrected chi connectivity index (χ3v) is 6.76. The Labute approximate surface area is 157 Å². The zero-order valence-electron chi connectivity index (χ0n) is 15.3. The van der Waals surface area contributed by atoms with E-state index in [9.17, 15) is 9.59 Å². The average molecular weight is 367 g/mol. The lowest BCUT2D eigenvalue weighted by molar-refractivity contribution is -0.130. The summed E-state index contributed by atoms with van der Waals surface area (Å²) in [5.41, 5.74) is 0.490. The molecule has 1 aliphatic heterocycles. The second-order valence-electron chi connectivity index (χ2n) is 8.20. The smallest absolute Gasteiger partial charge is 0.261 e. The Morgan fingerprint density at radius 3 is 2.89 bits per heavy atom. The first-order valence-corrected chi connectivity index (χ1v) is 10.1. The van der Waals surface area contributed by atoms with Crippen molar-refractivity contribution in [3.8, 4) is 0 Å². The van der Waals surface area contributed by atoms with Crippen LogP contribution in [0.4, 0.5) is 0 Å². The second-order valence-corrected chi connectivity index (χ2v) is 8.20. The third kappa shape index (κ3) is 2.87. The van der Waals surface area contributed by atoms with Gasteiger partial charge in [0.25, 0.3) is 5.56 Å².